The van der Waals surface area contributed by atoms with Crippen LogP contribution in [0.1, 0.15) is 201 Å². The van der Waals surface area contributed by atoms with E-state index in [4.69, 9.17) is 74.5 Å². The summed E-state index contributed by atoms with van der Waals surface area (Å²) in [6.07, 6.45) is 28.4. The first-order valence-electron chi connectivity index (χ1n) is 31.3. The largest absolute Gasteiger partial charge is 0.506 e. The molecule has 3 aliphatic carbocycles. The molecule has 86 heavy (non-hydrogen) atoms. The fraction of sp³-hybridized carbons (Fsp3) is 0.797. The zero-order valence-electron chi connectivity index (χ0n) is 51.6. The number of carboxylic acids is 3. The topological polar surface area (TPSA) is 325 Å². The van der Waals surface area contributed by atoms with Gasteiger partial charge in [0.2, 0.25) is 0 Å². The van der Waals surface area contributed by atoms with Gasteiger partial charge in [-0.3, -0.25) is 14.4 Å². The summed E-state index contributed by atoms with van der Waals surface area (Å²) in [4.78, 5) is 53.0. The summed E-state index contributed by atoms with van der Waals surface area (Å²) in [5, 5.41) is 93.8. The molecule has 0 saturated heterocycles. The van der Waals surface area contributed by atoms with Crippen LogP contribution in [0.5, 0.6) is 0 Å². The van der Waals surface area contributed by atoms with E-state index in [-0.39, 0.29) is 83.1 Å². The van der Waals surface area contributed by atoms with Crippen molar-refractivity contribution in [1.82, 2.24) is 0 Å². The molecule has 19 nitrogen and oxygen atoms in total. The Bertz CT molecular complexity index is 1970. The smallest absolute Gasteiger partial charge is 0.481 e. The van der Waals surface area contributed by atoms with Gasteiger partial charge in [0.25, 0.3) is 0 Å². The van der Waals surface area contributed by atoms with Gasteiger partial charge in [-0.05, 0) is 167 Å². The van der Waals surface area contributed by atoms with Crippen molar-refractivity contribution in [3.8, 4) is 0 Å². The van der Waals surface area contributed by atoms with E-state index in [2.05, 4.69) is 23.8 Å². The summed E-state index contributed by atoms with van der Waals surface area (Å²) in [6, 6.07) is 0. The van der Waals surface area contributed by atoms with Crippen molar-refractivity contribution in [2.45, 2.75) is 272 Å². The quantitative estimate of drug-likeness (QED) is 0.0117. The fourth-order valence-corrected chi connectivity index (χ4v) is 13.0. The lowest BCUT2D eigenvalue weighted by molar-refractivity contribution is -0.138. The van der Waals surface area contributed by atoms with Crippen LogP contribution in [0.15, 0.2) is 48.6 Å². The van der Waals surface area contributed by atoms with Crippen LogP contribution in [0.2, 0.25) is 0 Å². The molecule has 3 aliphatic rings. The molecule has 3 saturated carbocycles. The SMILES string of the molecule is CO[C@H](C)CCC[C@@H](/C=C/[C@@H]1[C@@H](CCCCCCC(=O)O)[C@H](Cl)C[C@H]1O)OC.C[C@@H](O)CCC[C@@H](/C=C/[C@@H]1[C@@H](C/C=C\CCCC(=O)O)[C@H](Cl)C[C@H]1O)OC(=O)O.C[C@H](CCC[C@H](O)/C=C/[C@@H]1[C@@H](CCCCCCC(=O)O)[C@H](Cl)C[C@H]1O)OC(=O)O. The van der Waals surface area contributed by atoms with Crippen molar-refractivity contribution in [3.63, 3.8) is 0 Å². The number of ether oxygens (including phenoxy) is 4. The highest BCUT2D eigenvalue weighted by Crippen LogP contribution is 2.42. The molecule has 0 bridgehead atoms. The zero-order chi connectivity index (χ0) is 64.6. The minimum absolute atomic E-state index is 0.00147. The molecular formula is C64H107Cl3O19. The Kier molecular flexibility index (Phi) is 44.4. The molecule has 0 radical (unpaired) electrons. The number of aliphatic carboxylic acids is 3. The summed E-state index contributed by atoms with van der Waals surface area (Å²) in [5.41, 5.74) is 0. The highest BCUT2D eigenvalue weighted by molar-refractivity contribution is 6.21. The third-order valence-corrected chi connectivity index (χ3v) is 18.0. The van der Waals surface area contributed by atoms with Crippen molar-refractivity contribution < 1.29 is 94.0 Å². The molecule has 3 rings (SSSR count). The van der Waals surface area contributed by atoms with Crippen molar-refractivity contribution >= 4 is 65.0 Å². The van der Waals surface area contributed by atoms with Crippen LogP contribution < -0.4 is 0 Å². The van der Waals surface area contributed by atoms with Gasteiger partial charge in [0.15, 0.2) is 0 Å². The predicted octanol–water partition coefficient (Wildman–Crippen LogP) is 12.9. The van der Waals surface area contributed by atoms with E-state index < -0.39 is 72.9 Å². The molecule has 0 heterocycles. The first-order chi connectivity index (χ1) is 40.8. The second-order valence-electron chi connectivity index (χ2n) is 23.7. The summed E-state index contributed by atoms with van der Waals surface area (Å²) < 4.78 is 20.4. The molecule has 22 heteroatoms. The highest BCUT2D eigenvalue weighted by Gasteiger charge is 2.42. The van der Waals surface area contributed by atoms with E-state index in [1.807, 2.05) is 18.2 Å². The number of aliphatic hydroxyl groups is 5. The second-order valence-corrected chi connectivity index (χ2v) is 25.3. The van der Waals surface area contributed by atoms with E-state index in [9.17, 15) is 49.5 Å². The number of carbonyl (C=O) groups is 5. The van der Waals surface area contributed by atoms with E-state index in [0.29, 0.717) is 83.5 Å². The predicted molar refractivity (Wildman–Crippen MR) is 333 cm³/mol. The number of hydrogen-bond donors (Lipinski definition) is 10. The first-order valence-corrected chi connectivity index (χ1v) is 32.6. The molecule has 0 aromatic rings. The molecule has 498 valence electrons. The third kappa shape index (κ3) is 37.5. The standard InChI is InChI=1S/C22H39ClO5.C21H35ClO7.C21H33ClO7/c1-16(27-2)9-8-10-17(28-3)13-14-19-18(20(23)15-21(19)24)11-6-4-5-7-12-22(25)26;1-14(29-21(27)28)7-6-8-15(23)11-12-17-16(18(22)13-19(17)24)9-4-2-3-5-10-20(25)26;1-14(23)7-6-8-15(29-21(27)28)11-12-17-16(18(22)13-19(17)24)9-4-2-3-5-10-20(25)26/h13-14,16-21,24H,4-12,15H2,1-3H3,(H,25,26);11-12,14-19,23-24H,2-10,13H2,1H3,(H,25,26)(H,27,28);2,4,11-12,14-19,23-24H,3,5-10,13H2,1H3,(H,25,26)(H,27,28)/b14-13+;12-11+;4-2-,12-11+/t16-,17+,18-,19-,20-,21-;2*14-,15+,16-,17-,18-,19-/m111/s1. The van der Waals surface area contributed by atoms with Gasteiger partial charge < -0.3 is 70.0 Å². The summed E-state index contributed by atoms with van der Waals surface area (Å²) in [7, 11) is 3.45. The van der Waals surface area contributed by atoms with Gasteiger partial charge in [0.1, 0.15) is 12.2 Å². The number of carboxylic acid groups (broad SMARTS) is 5. The van der Waals surface area contributed by atoms with E-state index >= 15 is 0 Å². The van der Waals surface area contributed by atoms with Gasteiger partial charge in [0, 0.05) is 67.4 Å². The average Bonchev–Trinajstić information content (AvgIpc) is 2.91. The van der Waals surface area contributed by atoms with E-state index in [0.717, 1.165) is 77.0 Å². The molecule has 3 fully saturated rings. The number of halogens is 3. The average molecular weight is 1290 g/mol. The Morgan fingerprint density at radius 1 is 0.465 bits per heavy atom. The maximum absolute atomic E-state index is 10.9. The van der Waals surface area contributed by atoms with Gasteiger partial charge in [-0.15, -0.1) is 34.8 Å². The number of methoxy groups -OCH3 is 2. The van der Waals surface area contributed by atoms with Crippen LogP contribution >= 0.6 is 34.8 Å². The lowest BCUT2D eigenvalue weighted by Gasteiger charge is -2.21. The van der Waals surface area contributed by atoms with Gasteiger partial charge in [0.05, 0.1) is 42.7 Å². The van der Waals surface area contributed by atoms with Crippen LogP contribution in [0, 0.1) is 35.5 Å². The van der Waals surface area contributed by atoms with Crippen LogP contribution in [-0.2, 0) is 33.3 Å². The number of rotatable bonds is 42. The molecule has 0 aromatic carbocycles. The lowest BCUT2D eigenvalue weighted by Crippen LogP contribution is -2.20. The number of alkyl halides is 3. The Morgan fingerprint density at radius 2 is 0.884 bits per heavy atom. The summed E-state index contributed by atoms with van der Waals surface area (Å²) >= 11 is 19.4. The molecular weight excluding hydrogens is 1180 g/mol. The monoisotopic (exact) mass is 1280 g/mol. The van der Waals surface area contributed by atoms with Gasteiger partial charge in [-0.2, -0.15) is 0 Å². The lowest BCUT2D eigenvalue weighted by atomic mass is 9.88. The van der Waals surface area contributed by atoms with Crippen LogP contribution in [0.3, 0.4) is 0 Å². The number of allylic oxidation sites excluding steroid dienone is 2. The van der Waals surface area contributed by atoms with Crippen molar-refractivity contribution in [1.29, 1.82) is 0 Å². The third-order valence-electron chi connectivity index (χ3n) is 16.5. The molecule has 10 N–H and O–H groups in total. The Hall–Kier alpha value is -3.50. The molecule has 0 aliphatic heterocycles. The molecule has 0 spiro atoms. The van der Waals surface area contributed by atoms with E-state index in [1.54, 1.807) is 46.3 Å². The Balaban J connectivity index is 0.000000645. The van der Waals surface area contributed by atoms with Crippen molar-refractivity contribution in [2.75, 3.05) is 14.2 Å². The van der Waals surface area contributed by atoms with Crippen LogP contribution in [0.4, 0.5) is 9.59 Å². The summed E-state index contributed by atoms with van der Waals surface area (Å²) in [5.74, 6) is -2.14. The van der Waals surface area contributed by atoms with Crippen LogP contribution in [0.25, 0.3) is 0 Å². The Morgan fingerprint density at radius 3 is 1.36 bits per heavy atom. The molecule has 0 unspecified atom stereocenters. The number of hydrogen-bond acceptors (Lipinski definition) is 14. The highest BCUT2D eigenvalue weighted by atomic mass is 35.5. The van der Waals surface area contributed by atoms with E-state index in [1.165, 1.54) is 0 Å². The van der Waals surface area contributed by atoms with Crippen LogP contribution in [-0.4, -0.2) is 167 Å². The summed E-state index contributed by atoms with van der Waals surface area (Å²) in [6.45, 7) is 5.43. The normalized spacial score (nSPS) is 26.8. The van der Waals surface area contributed by atoms with Crippen molar-refractivity contribution in [3.05, 3.63) is 48.6 Å². The molecule has 18 atom stereocenters. The van der Waals surface area contributed by atoms with Gasteiger partial charge in [-0.1, -0.05) is 81.1 Å². The maximum Gasteiger partial charge on any atom is 0.506 e. The Labute approximate surface area is 526 Å². The van der Waals surface area contributed by atoms with Gasteiger partial charge in [-0.25, -0.2) is 9.59 Å². The number of aliphatic hydroxyl groups excluding tert-OH is 5. The fourth-order valence-electron chi connectivity index (χ4n) is 11.6. The number of unbranched alkanes of at least 4 members (excludes halogenated alkanes) is 7. The van der Waals surface area contributed by atoms with Gasteiger partial charge >= 0.3 is 30.2 Å². The first kappa shape index (κ1) is 80.5. The minimum Gasteiger partial charge on any atom is -0.481 e. The molecule has 0 amide bonds. The maximum atomic E-state index is 10.9. The second kappa shape index (κ2) is 47.5. The molecule has 0 aromatic heterocycles. The minimum atomic E-state index is -1.36. The zero-order valence-corrected chi connectivity index (χ0v) is 53.9. The van der Waals surface area contributed by atoms with Crippen molar-refractivity contribution in [2.24, 2.45) is 35.5 Å².